The molecule has 2 aliphatic heterocycles. The van der Waals surface area contributed by atoms with Crippen molar-refractivity contribution in [1.29, 1.82) is 0 Å². The standard InChI is InChI=1S/C33H47N3O6/c1-23-30(20-36-19-7-8-29(36)22-40-3)41-33(42-32(23)26-12-10-25(21-37)11-13-26)27-14-16-28(17-15-27)35-31(39)9-5-4-6-18-34-24(2)38/h10-17,23,29-30,32-33,37H,4-9,18-22H2,1-3H3,(H,34,38)(H,35,39)/t23-,29+,30+,32+,33+/m1/s1. The summed E-state index contributed by atoms with van der Waals surface area (Å²) in [5.41, 5.74) is 3.57. The SMILES string of the molecule is COC[C@@H]1CCCN1C[C@@H]1O[C@H](c2ccc(NC(=O)CCCCCNC(C)=O)cc2)O[C@H](c2ccc(CO)cc2)[C@@H]1C. The molecule has 0 aliphatic carbocycles. The second-order valence-corrected chi connectivity index (χ2v) is 11.5. The second-order valence-electron chi connectivity index (χ2n) is 11.5. The van der Waals surface area contributed by atoms with Gasteiger partial charge in [0.15, 0.2) is 6.29 Å². The Balaban J connectivity index is 1.40. The number of carbonyl (C=O) groups is 2. The lowest BCUT2D eigenvalue weighted by Crippen LogP contribution is -2.46. The van der Waals surface area contributed by atoms with Crippen molar-refractivity contribution in [3.63, 3.8) is 0 Å². The minimum Gasteiger partial charge on any atom is -0.392 e. The van der Waals surface area contributed by atoms with E-state index in [1.54, 1.807) is 7.11 Å². The molecule has 5 atom stereocenters. The van der Waals surface area contributed by atoms with Crippen molar-refractivity contribution in [3.8, 4) is 0 Å². The Hall–Kier alpha value is -2.82. The van der Waals surface area contributed by atoms with Crippen LogP contribution >= 0.6 is 0 Å². The molecule has 0 bridgehead atoms. The first-order valence-corrected chi connectivity index (χ1v) is 15.3. The molecule has 9 nitrogen and oxygen atoms in total. The monoisotopic (exact) mass is 581 g/mol. The predicted octanol–water partition coefficient (Wildman–Crippen LogP) is 4.72. The summed E-state index contributed by atoms with van der Waals surface area (Å²) in [6, 6.07) is 16.1. The summed E-state index contributed by atoms with van der Waals surface area (Å²) < 4.78 is 18.7. The van der Waals surface area contributed by atoms with Crippen molar-refractivity contribution in [3.05, 3.63) is 65.2 Å². The Morgan fingerprint density at radius 1 is 1.02 bits per heavy atom. The number of amides is 2. The summed E-state index contributed by atoms with van der Waals surface area (Å²) in [4.78, 5) is 25.9. The number of hydrogen-bond donors (Lipinski definition) is 3. The van der Waals surface area contributed by atoms with Gasteiger partial charge in [0.2, 0.25) is 11.8 Å². The zero-order chi connectivity index (χ0) is 29.9. The van der Waals surface area contributed by atoms with Gasteiger partial charge in [0.1, 0.15) is 0 Å². The topological polar surface area (TPSA) is 109 Å². The van der Waals surface area contributed by atoms with Gasteiger partial charge < -0.3 is 30.0 Å². The van der Waals surface area contributed by atoms with E-state index in [4.69, 9.17) is 14.2 Å². The lowest BCUT2D eigenvalue weighted by atomic mass is 9.90. The summed E-state index contributed by atoms with van der Waals surface area (Å²) in [6.07, 6.45) is 4.48. The highest BCUT2D eigenvalue weighted by Crippen LogP contribution is 2.42. The van der Waals surface area contributed by atoms with Gasteiger partial charge in [-0.15, -0.1) is 0 Å². The quantitative estimate of drug-likeness (QED) is 0.277. The minimum absolute atomic E-state index is 0.00700. The number of benzene rings is 2. The van der Waals surface area contributed by atoms with Gasteiger partial charge in [-0.3, -0.25) is 14.5 Å². The number of aliphatic hydroxyl groups excluding tert-OH is 1. The molecule has 2 aromatic rings. The molecule has 2 heterocycles. The van der Waals surface area contributed by atoms with Crippen LogP contribution < -0.4 is 10.6 Å². The average molecular weight is 582 g/mol. The number of nitrogens with zero attached hydrogens (tertiary/aromatic N) is 1. The molecular formula is C33H47N3O6. The Bertz CT molecular complexity index is 1130. The molecule has 0 saturated carbocycles. The third-order valence-corrected chi connectivity index (χ3v) is 8.32. The maximum absolute atomic E-state index is 12.4. The first-order valence-electron chi connectivity index (χ1n) is 15.3. The number of unbranched alkanes of at least 4 members (excludes halogenated alkanes) is 2. The maximum Gasteiger partial charge on any atom is 0.224 e. The van der Waals surface area contributed by atoms with Crippen molar-refractivity contribution in [1.82, 2.24) is 10.2 Å². The molecule has 3 N–H and O–H groups in total. The molecule has 2 aliphatic rings. The average Bonchev–Trinajstić information content (AvgIpc) is 3.43. The number of carbonyl (C=O) groups excluding carboxylic acids is 2. The fourth-order valence-electron chi connectivity index (χ4n) is 5.87. The van der Waals surface area contributed by atoms with Crippen LogP contribution in [0, 0.1) is 5.92 Å². The number of ether oxygens (including phenoxy) is 3. The second kappa shape index (κ2) is 16.1. The summed E-state index contributed by atoms with van der Waals surface area (Å²) in [5.74, 6) is 0.0607. The van der Waals surface area contributed by atoms with Crippen molar-refractivity contribution in [2.24, 2.45) is 5.92 Å². The fraction of sp³-hybridized carbons (Fsp3) is 0.576. The predicted molar refractivity (Wildman–Crippen MR) is 162 cm³/mol. The Kier molecular flexibility index (Phi) is 12.3. The number of hydrogen-bond acceptors (Lipinski definition) is 7. The third-order valence-electron chi connectivity index (χ3n) is 8.32. The van der Waals surface area contributed by atoms with E-state index in [1.165, 1.54) is 6.92 Å². The normalized spacial score (nSPS) is 24.4. The zero-order valence-corrected chi connectivity index (χ0v) is 25.2. The van der Waals surface area contributed by atoms with Crippen molar-refractivity contribution in [2.75, 3.05) is 38.7 Å². The number of likely N-dealkylation sites (tertiary alicyclic amines) is 1. The van der Waals surface area contributed by atoms with Crippen LogP contribution in [-0.4, -0.2) is 67.3 Å². The summed E-state index contributed by atoms with van der Waals surface area (Å²) >= 11 is 0. The number of methoxy groups -OCH3 is 1. The molecule has 2 saturated heterocycles. The molecule has 2 amide bonds. The van der Waals surface area contributed by atoms with E-state index in [1.807, 2.05) is 48.5 Å². The molecule has 0 aromatic heterocycles. The van der Waals surface area contributed by atoms with Crippen LogP contribution in [0.1, 0.15) is 81.5 Å². The molecule has 0 spiro atoms. The summed E-state index contributed by atoms with van der Waals surface area (Å²) in [6.45, 7) is 6.90. The van der Waals surface area contributed by atoms with Gasteiger partial charge in [0.25, 0.3) is 0 Å². The van der Waals surface area contributed by atoms with Gasteiger partial charge in [-0.1, -0.05) is 49.7 Å². The molecule has 42 heavy (non-hydrogen) atoms. The smallest absolute Gasteiger partial charge is 0.224 e. The fourth-order valence-corrected chi connectivity index (χ4v) is 5.87. The van der Waals surface area contributed by atoms with Crippen molar-refractivity contribution in [2.45, 2.75) is 83.5 Å². The number of rotatable bonds is 14. The van der Waals surface area contributed by atoms with E-state index >= 15 is 0 Å². The molecule has 4 rings (SSSR count). The number of aliphatic hydroxyl groups is 1. The van der Waals surface area contributed by atoms with Crippen molar-refractivity contribution >= 4 is 17.5 Å². The first kappa shape index (κ1) is 32.1. The third kappa shape index (κ3) is 9.09. The molecule has 230 valence electrons. The van der Waals surface area contributed by atoms with Crippen LogP contribution in [0.2, 0.25) is 0 Å². The lowest BCUT2D eigenvalue weighted by molar-refractivity contribution is -0.276. The van der Waals surface area contributed by atoms with Crippen LogP contribution in [0.4, 0.5) is 5.69 Å². The van der Waals surface area contributed by atoms with E-state index in [9.17, 15) is 14.7 Å². The molecular weight excluding hydrogens is 534 g/mol. The van der Waals surface area contributed by atoms with E-state index < -0.39 is 6.29 Å². The van der Waals surface area contributed by atoms with Crippen LogP contribution in [0.3, 0.4) is 0 Å². The minimum atomic E-state index is -0.550. The Morgan fingerprint density at radius 3 is 2.45 bits per heavy atom. The summed E-state index contributed by atoms with van der Waals surface area (Å²) in [7, 11) is 1.76. The van der Waals surface area contributed by atoms with E-state index in [-0.39, 0.29) is 36.5 Å². The Morgan fingerprint density at radius 2 is 1.76 bits per heavy atom. The molecule has 0 unspecified atom stereocenters. The first-order chi connectivity index (χ1) is 20.4. The molecule has 9 heteroatoms. The van der Waals surface area contributed by atoms with Crippen LogP contribution in [-0.2, 0) is 30.4 Å². The van der Waals surface area contributed by atoms with Gasteiger partial charge in [0.05, 0.1) is 25.4 Å². The van der Waals surface area contributed by atoms with Crippen LogP contribution in [0.25, 0.3) is 0 Å². The van der Waals surface area contributed by atoms with Gasteiger partial charge in [0, 0.05) is 56.8 Å². The number of anilines is 1. The molecule has 2 fully saturated rings. The van der Waals surface area contributed by atoms with E-state index in [2.05, 4.69) is 22.5 Å². The number of nitrogens with one attached hydrogen (secondary N) is 2. The van der Waals surface area contributed by atoms with Crippen LogP contribution in [0.15, 0.2) is 48.5 Å². The lowest BCUT2D eigenvalue weighted by Gasteiger charge is -2.43. The molecule has 0 radical (unpaired) electrons. The molecule has 2 aromatic carbocycles. The van der Waals surface area contributed by atoms with Gasteiger partial charge in [-0.25, -0.2) is 0 Å². The highest BCUT2D eigenvalue weighted by Gasteiger charge is 2.40. The van der Waals surface area contributed by atoms with E-state index in [0.29, 0.717) is 19.0 Å². The zero-order valence-electron chi connectivity index (χ0n) is 25.2. The largest absolute Gasteiger partial charge is 0.392 e. The Labute approximate surface area is 249 Å². The van der Waals surface area contributed by atoms with Crippen LogP contribution in [0.5, 0.6) is 0 Å². The van der Waals surface area contributed by atoms with Gasteiger partial charge in [-0.05, 0) is 55.5 Å². The van der Waals surface area contributed by atoms with Gasteiger partial charge >= 0.3 is 0 Å². The highest BCUT2D eigenvalue weighted by atomic mass is 16.7. The van der Waals surface area contributed by atoms with Crippen molar-refractivity contribution < 1.29 is 28.9 Å². The van der Waals surface area contributed by atoms with E-state index in [0.717, 1.165) is 74.2 Å². The highest BCUT2D eigenvalue weighted by molar-refractivity contribution is 5.90. The maximum atomic E-state index is 12.4. The summed E-state index contributed by atoms with van der Waals surface area (Å²) in [5, 5.41) is 15.3. The van der Waals surface area contributed by atoms with Gasteiger partial charge in [-0.2, -0.15) is 0 Å².